The van der Waals surface area contributed by atoms with Gasteiger partial charge in [-0.05, 0) is 38.0 Å². The van der Waals surface area contributed by atoms with Crippen LogP contribution in [-0.2, 0) is 14.6 Å². The van der Waals surface area contributed by atoms with Gasteiger partial charge in [-0.15, -0.1) is 0 Å². The Bertz CT molecular complexity index is 617. The van der Waals surface area contributed by atoms with Crippen LogP contribution in [-0.4, -0.2) is 31.9 Å². The van der Waals surface area contributed by atoms with Crippen LogP contribution in [0.15, 0.2) is 24.3 Å². The highest BCUT2D eigenvalue weighted by molar-refractivity contribution is 7.92. The molecule has 8 heteroatoms. The van der Waals surface area contributed by atoms with Crippen LogP contribution < -0.4 is 10.1 Å². The number of carbonyl (C=O) groups is 1. The second-order valence-electron chi connectivity index (χ2n) is 5.19. The van der Waals surface area contributed by atoms with E-state index in [4.69, 9.17) is 0 Å². The lowest BCUT2D eigenvalue weighted by atomic mass is 10.1. The van der Waals surface area contributed by atoms with E-state index in [-0.39, 0.29) is 11.5 Å². The van der Waals surface area contributed by atoms with Crippen LogP contribution in [0.5, 0.6) is 5.75 Å². The van der Waals surface area contributed by atoms with Gasteiger partial charge >= 0.3 is 6.61 Å². The van der Waals surface area contributed by atoms with Crippen molar-refractivity contribution in [3.8, 4) is 5.75 Å². The summed E-state index contributed by atoms with van der Waals surface area (Å²) < 4.78 is 52.2. The largest absolute Gasteiger partial charge is 0.435 e. The van der Waals surface area contributed by atoms with Gasteiger partial charge in [0.2, 0.25) is 5.91 Å². The Labute approximate surface area is 134 Å². The molecule has 0 saturated carbocycles. The zero-order chi connectivity index (χ0) is 17.6. The lowest BCUT2D eigenvalue weighted by Gasteiger charge is -2.18. The van der Waals surface area contributed by atoms with Crippen molar-refractivity contribution in [1.29, 1.82) is 0 Å². The fraction of sp³-hybridized carbons (Fsp3) is 0.533. The fourth-order valence-corrected chi connectivity index (χ4v) is 3.29. The molecule has 1 N–H and O–H groups in total. The Morgan fingerprint density at radius 1 is 1.22 bits per heavy atom. The van der Waals surface area contributed by atoms with E-state index < -0.39 is 33.6 Å². The topological polar surface area (TPSA) is 72.5 Å². The van der Waals surface area contributed by atoms with Crippen molar-refractivity contribution in [2.45, 2.75) is 45.1 Å². The highest BCUT2D eigenvalue weighted by Crippen LogP contribution is 2.19. The molecular formula is C15H21F2NO4S. The maximum atomic E-state index is 12.1. The third-order valence-electron chi connectivity index (χ3n) is 3.36. The van der Waals surface area contributed by atoms with E-state index in [9.17, 15) is 22.0 Å². The minimum Gasteiger partial charge on any atom is -0.435 e. The number of benzene rings is 1. The molecule has 1 aromatic carbocycles. The summed E-state index contributed by atoms with van der Waals surface area (Å²) in [6.07, 6.45) is 0.446. The van der Waals surface area contributed by atoms with Crippen LogP contribution in [0.4, 0.5) is 8.78 Å². The van der Waals surface area contributed by atoms with E-state index in [0.717, 1.165) is 0 Å². The first-order valence-corrected chi connectivity index (χ1v) is 8.95. The average Bonchev–Trinajstić information content (AvgIpc) is 2.46. The molecule has 0 spiro atoms. The van der Waals surface area contributed by atoms with E-state index in [0.29, 0.717) is 12.0 Å². The molecule has 2 atom stereocenters. The van der Waals surface area contributed by atoms with E-state index in [1.54, 1.807) is 13.8 Å². The van der Waals surface area contributed by atoms with Crippen LogP contribution in [0, 0.1) is 0 Å². The SMILES string of the molecule is CCCS(=O)(=O)[C@@H](C)C(=O)N[C@@H](C)c1ccc(OC(F)F)cc1. The Morgan fingerprint density at radius 3 is 2.26 bits per heavy atom. The number of alkyl halides is 2. The average molecular weight is 349 g/mol. The summed E-state index contributed by atoms with van der Waals surface area (Å²) in [5.74, 6) is -0.615. The number of carbonyl (C=O) groups excluding carboxylic acids is 1. The Balaban J connectivity index is 2.71. The van der Waals surface area contributed by atoms with Crippen LogP contribution in [0.25, 0.3) is 0 Å². The van der Waals surface area contributed by atoms with Gasteiger partial charge in [-0.3, -0.25) is 4.79 Å². The molecule has 0 aliphatic heterocycles. The van der Waals surface area contributed by atoms with E-state index in [1.807, 2.05) is 0 Å². The summed E-state index contributed by atoms with van der Waals surface area (Å²) in [4.78, 5) is 12.0. The number of nitrogens with one attached hydrogen (secondary N) is 1. The van der Waals surface area contributed by atoms with Gasteiger partial charge < -0.3 is 10.1 Å². The van der Waals surface area contributed by atoms with Crippen molar-refractivity contribution in [3.63, 3.8) is 0 Å². The summed E-state index contributed by atoms with van der Waals surface area (Å²) >= 11 is 0. The van der Waals surface area contributed by atoms with E-state index in [2.05, 4.69) is 10.1 Å². The third kappa shape index (κ3) is 5.78. The van der Waals surface area contributed by atoms with E-state index >= 15 is 0 Å². The highest BCUT2D eigenvalue weighted by Gasteiger charge is 2.28. The molecule has 0 radical (unpaired) electrons. The highest BCUT2D eigenvalue weighted by atomic mass is 32.2. The van der Waals surface area contributed by atoms with Crippen molar-refractivity contribution >= 4 is 15.7 Å². The Hall–Kier alpha value is -1.70. The molecule has 0 saturated heterocycles. The van der Waals surface area contributed by atoms with Crippen LogP contribution >= 0.6 is 0 Å². The molecule has 0 fully saturated rings. The molecule has 0 unspecified atom stereocenters. The number of ether oxygens (including phenoxy) is 1. The molecule has 1 amide bonds. The van der Waals surface area contributed by atoms with Crippen LogP contribution in [0.2, 0.25) is 0 Å². The maximum Gasteiger partial charge on any atom is 0.387 e. The predicted molar refractivity (Wildman–Crippen MR) is 83.2 cm³/mol. The summed E-state index contributed by atoms with van der Waals surface area (Å²) in [6.45, 7) is 1.86. The lowest BCUT2D eigenvalue weighted by molar-refractivity contribution is -0.121. The molecular weight excluding hydrogens is 328 g/mol. The van der Waals surface area contributed by atoms with Gasteiger partial charge in [0.1, 0.15) is 11.0 Å². The zero-order valence-electron chi connectivity index (χ0n) is 13.3. The quantitative estimate of drug-likeness (QED) is 0.783. The molecule has 5 nitrogen and oxygen atoms in total. The van der Waals surface area contributed by atoms with Gasteiger partial charge in [-0.2, -0.15) is 8.78 Å². The summed E-state index contributed by atoms with van der Waals surface area (Å²) in [6, 6.07) is 5.34. The molecule has 23 heavy (non-hydrogen) atoms. The zero-order valence-corrected chi connectivity index (χ0v) is 14.1. The Kier molecular flexibility index (Phi) is 6.93. The van der Waals surface area contributed by atoms with Crippen LogP contribution in [0.1, 0.15) is 38.8 Å². The summed E-state index contributed by atoms with van der Waals surface area (Å²) in [5.41, 5.74) is 0.653. The molecule has 130 valence electrons. The van der Waals surface area contributed by atoms with Crippen molar-refractivity contribution < 1.29 is 26.7 Å². The standard InChI is InChI=1S/C15H21F2NO4S/c1-4-9-23(20,21)11(3)14(19)18-10(2)12-5-7-13(8-6-12)22-15(16)17/h5-8,10-11,15H,4,9H2,1-3H3,(H,18,19)/t10-,11-/m0/s1. The van der Waals surface area contributed by atoms with Crippen molar-refractivity contribution in [2.24, 2.45) is 0 Å². The first-order chi connectivity index (χ1) is 10.7. The molecule has 0 aromatic heterocycles. The Morgan fingerprint density at radius 2 is 1.78 bits per heavy atom. The second-order valence-corrected chi connectivity index (χ2v) is 7.63. The van der Waals surface area contributed by atoms with Gasteiger partial charge in [-0.1, -0.05) is 19.1 Å². The third-order valence-corrected chi connectivity index (χ3v) is 5.63. The van der Waals surface area contributed by atoms with Crippen LogP contribution in [0.3, 0.4) is 0 Å². The van der Waals surface area contributed by atoms with Gasteiger partial charge in [0.15, 0.2) is 9.84 Å². The molecule has 1 aromatic rings. The summed E-state index contributed by atoms with van der Waals surface area (Å²) in [7, 11) is -3.47. The second kappa shape index (κ2) is 8.24. The number of sulfone groups is 1. The fourth-order valence-electron chi connectivity index (χ4n) is 1.98. The monoisotopic (exact) mass is 349 g/mol. The lowest BCUT2D eigenvalue weighted by Crippen LogP contribution is -2.40. The number of hydrogen-bond donors (Lipinski definition) is 1. The number of halogens is 2. The summed E-state index contributed by atoms with van der Waals surface area (Å²) in [5, 5.41) is 1.48. The maximum absolute atomic E-state index is 12.1. The molecule has 0 aliphatic rings. The first-order valence-electron chi connectivity index (χ1n) is 7.24. The van der Waals surface area contributed by atoms with Gasteiger partial charge in [0.25, 0.3) is 0 Å². The smallest absolute Gasteiger partial charge is 0.387 e. The van der Waals surface area contributed by atoms with Gasteiger partial charge in [-0.25, -0.2) is 8.42 Å². The van der Waals surface area contributed by atoms with Gasteiger partial charge in [0.05, 0.1) is 11.8 Å². The molecule has 0 bridgehead atoms. The molecule has 1 rings (SSSR count). The molecule has 0 aliphatic carbocycles. The molecule has 0 heterocycles. The predicted octanol–water partition coefficient (Wildman–Crippen LogP) is 2.68. The number of hydrogen-bond acceptors (Lipinski definition) is 4. The van der Waals surface area contributed by atoms with Crippen molar-refractivity contribution in [1.82, 2.24) is 5.32 Å². The van der Waals surface area contributed by atoms with Crippen molar-refractivity contribution in [2.75, 3.05) is 5.75 Å². The normalized spacial score (nSPS) is 14.3. The van der Waals surface area contributed by atoms with E-state index in [1.165, 1.54) is 31.2 Å². The minimum atomic E-state index is -3.47. The number of rotatable bonds is 8. The minimum absolute atomic E-state index is 0.0150. The number of amides is 1. The first kappa shape index (κ1) is 19.3. The van der Waals surface area contributed by atoms with Gasteiger partial charge in [0, 0.05) is 0 Å². The van der Waals surface area contributed by atoms with Crippen molar-refractivity contribution in [3.05, 3.63) is 29.8 Å².